The van der Waals surface area contributed by atoms with Gasteiger partial charge in [-0.3, -0.25) is 15.1 Å². The lowest BCUT2D eigenvalue weighted by Gasteiger charge is -1.98. The predicted octanol–water partition coefficient (Wildman–Crippen LogP) is 2.77. The van der Waals surface area contributed by atoms with Crippen LogP contribution in [0.4, 0.5) is 15.8 Å². The fraction of sp³-hybridized carbons (Fsp3) is 0.300. The summed E-state index contributed by atoms with van der Waals surface area (Å²) in [5.41, 5.74) is 1.49. The Hall–Kier alpha value is -1.78. The van der Waals surface area contributed by atoms with Crippen LogP contribution in [0.2, 0.25) is 0 Å². The van der Waals surface area contributed by atoms with Gasteiger partial charge in [0.15, 0.2) is 0 Å². The molecule has 5 heteroatoms. The Morgan fingerprint density at radius 3 is 2.93 bits per heavy atom. The Morgan fingerprint density at radius 1 is 1.60 bits per heavy atom. The maximum Gasteiger partial charge on any atom is 0.274 e. The van der Waals surface area contributed by atoms with Crippen LogP contribution in [0.15, 0.2) is 17.1 Å². The van der Waals surface area contributed by atoms with Gasteiger partial charge in [-0.15, -0.1) is 0 Å². The van der Waals surface area contributed by atoms with Gasteiger partial charge >= 0.3 is 0 Å². The molecule has 1 aliphatic heterocycles. The molecule has 0 spiro atoms. The molecule has 1 aromatic carbocycles. The number of hydrogen-bond donors (Lipinski definition) is 0. The molecule has 1 heterocycles. The second kappa shape index (κ2) is 3.42. The number of nitrogens with zero attached hydrogens (tertiary/aromatic N) is 2. The van der Waals surface area contributed by atoms with E-state index in [2.05, 4.69) is 4.99 Å². The van der Waals surface area contributed by atoms with Gasteiger partial charge in [-0.05, 0) is 6.42 Å². The van der Waals surface area contributed by atoms with Crippen LogP contribution in [0.5, 0.6) is 0 Å². The minimum absolute atomic E-state index is 0.243. The molecule has 0 N–H and O–H groups in total. The largest absolute Gasteiger partial charge is 0.274 e. The zero-order valence-corrected chi connectivity index (χ0v) is 8.16. The van der Waals surface area contributed by atoms with Crippen molar-refractivity contribution in [3.8, 4) is 0 Å². The minimum Gasteiger partial charge on any atom is -0.258 e. The number of nitro benzene ring substituents is 1. The van der Waals surface area contributed by atoms with Gasteiger partial charge in [-0.2, -0.15) is 0 Å². The molecule has 0 bridgehead atoms. The molecule has 4 nitrogen and oxygen atoms in total. The molecular formula is C10H9FN2O2. The Labute approximate surface area is 85.6 Å². The molecule has 0 unspecified atom stereocenters. The van der Waals surface area contributed by atoms with Gasteiger partial charge < -0.3 is 0 Å². The number of fused-ring (bicyclic) bond motifs is 1. The van der Waals surface area contributed by atoms with Gasteiger partial charge in [0.05, 0.1) is 16.7 Å². The molecule has 0 atom stereocenters. The predicted molar refractivity (Wildman–Crippen MR) is 54.1 cm³/mol. The lowest BCUT2D eigenvalue weighted by Crippen LogP contribution is -1.97. The fourth-order valence-corrected chi connectivity index (χ4v) is 1.61. The number of aliphatic imine (C=N–C) groups is 1. The van der Waals surface area contributed by atoms with Crippen molar-refractivity contribution in [2.75, 3.05) is 0 Å². The normalized spacial score (nSPS) is 13.6. The molecule has 0 saturated heterocycles. The van der Waals surface area contributed by atoms with Crippen LogP contribution in [-0.4, -0.2) is 10.6 Å². The van der Waals surface area contributed by atoms with Crippen LogP contribution in [0.1, 0.15) is 18.9 Å². The van der Waals surface area contributed by atoms with Crippen molar-refractivity contribution in [2.45, 2.75) is 19.8 Å². The smallest absolute Gasteiger partial charge is 0.258 e. The van der Waals surface area contributed by atoms with E-state index in [1.807, 2.05) is 6.92 Å². The van der Waals surface area contributed by atoms with Crippen molar-refractivity contribution < 1.29 is 9.31 Å². The van der Waals surface area contributed by atoms with E-state index >= 15 is 0 Å². The second-order valence-corrected chi connectivity index (χ2v) is 3.39. The van der Waals surface area contributed by atoms with E-state index in [0.29, 0.717) is 17.7 Å². The van der Waals surface area contributed by atoms with Gasteiger partial charge in [0.25, 0.3) is 5.69 Å². The van der Waals surface area contributed by atoms with Gasteiger partial charge in [0, 0.05) is 23.8 Å². The summed E-state index contributed by atoms with van der Waals surface area (Å²) < 4.78 is 13.4. The Kier molecular flexibility index (Phi) is 2.22. The molecule has 15 heavy (non-hydrogen) atoms. The summed E-state index contributed by atoms with van der Waals surface area (Å²) in [6.07, 6.45) is 1.21. The topological polar surface area (TPSA) is 55.5 Å². The summed E-state index contributed by atoms with van der Waals surface area (Å²) in [5.74, 6) is -0.536. The first-order valence-electron chi connectivity index (χ1n) is 4.65. The number of rotatable bonds is 2. The van der Waals surface area contributed by atoms with Gasteiger partial charge in [0.1, 0.15) is 5.82 Å². The standard InChI is InChI=1S/C10H9FN2O2/c1-2-6-3-8-9(11)4-7(13(14)15)5-10(8)12-6/h4-5H,2-3H2,1H3. The monoisotopic (exact) mass is 208 g/mol. The molecule has 0 amide bonds. The van der Waals surface area contributed by atoms with Crippen molar-refractivity contribution in [1.29, 1.82) is 0 Å². The summed E-state index contributed by atoms with van der Waals surface area (Å²) in [6.45, 7) is 1.93. The van der Waals surface area contributed by atoms with Crippen LogP contribution in [0.3, 0.4) is 0 Å². The van der Waals surface area contributed by atoms with Crippen molar-refractivity contribution in [2.24, 2.45) is 4.99 Å². The average Bonchev–Trinajstić information content (AvgIpc) is 2.61. The van der Waals surface area contributed by atoms with Crippen LogP contribution in [-0.2, 0) is 6.42 Å². The van der Waals surface area contributed by atoms with Crippen LogP contribution in [0.25, 0.3) is 0 Å². The molecule has 0 aromatic heterocycles. The molecule has 78 valence electrons. The summed E-state index contributed by atoms with van der Waals surface area (Å²) in [7, 11) is 0. The Balaban J connectivity index is 2.51. The van der Waals surface area contributed by atoms with Crippen LogP contribution >= 0.6 is 0 Å². The summed E-state index contributed by atoms with van der Waals surface area (Å²) in [6, 6.07) is 2.27. The number of hydrogen-bond acceptors (Lipinski definition) is 3. The Bertz CT molecular complexity index is 469. The molecular weight excluding hydrogens is 199 g/mol. The molecule has 1 aliphatic rings. The highest BCUT2D eigenvalue weighted by Crippen LogP contribution is 2.33. The third kappa shape index (κ3) is 1.60. The van der Waals surface area contributed by atoms with Crippen LogP contribution in [0, 0.1) is 15.9 Å². The number of halogens is 1. The molecule has 0 radical (unpaired) electrons. The average molecular weight is 208 g/mol. The molecule has 0 aliphatic carbocycles. The van der Waals surface area contributed by atoms with Crippen molar-refractivity contribution in [3.05, 3.63) is 33.6 Å². The summed E-state index contributed by atoms with van der Waals surface area (Å²) >= 11 is 0. The van der Waals surface area contributed by atoms with E-state index in [1.165, 1.54) is 6.07 Å². The molecule has 0 saturated carbocycles. The fourth-order valence-electron chi connectivity index (χ4n) is 1.61. The van der Waals surface area contributed by atoms with E-state index in [4.69, 9.17) is 0 Å². The number of benzene rings is 1. The maximum atomic E-state index is 13.4. The first-order valence-corrected chi connectivity index (χ1v) is 4.65. The quantitative estimate of drug-likeness (QED) is 0.554. The van der Waals surface area contributed by atoms with E-state index in [9.17, 15) is 14.5 Å². The van der Waals surface area contributed by atoms with Crippen molar-refractivity contribution in [3.63, 3.8) is 0 Å². The summed E-state index contributed by atoms with van der Waals surface area (Å²) in [4.78, 5) is 14.0. The zero-order valence-electron chi connectivity index (χ0n) is 8.16. The van der Waals surface area contributed by atoms with Crippen LogP contribution < -0.4 is 0 Å². The molecule has 2 rings (SSSR count). The van der Waals surface area contributed by atoms with E-state index in [-0.39, 0.29) is 5.69 Å². The maximum absolute atomic E-state index is 13.4. The summed E-state index contributed by atoms with van der Waals surface area (Å²) in [5, 5.41) is 10.5. The van der Waals surface area contributed by atoms with E-state index < -0.39 is 10.7 Å². The van der Waals surface area contributed by atoms with Crippen molar-refractivity contribution in [1.82, 2.24) is 0 Å². The van der Waals surface area contributed by atoms with Crippen molar-refractivity contribution >= 4 is 17.1 Å². The van der Waals surface area contributed by atoms with E-state index in [0.717, 1.165) is 18.2 Å². The minimum atomic E-state index is -0.608. The SMILES string of the molecule is CCC1=Nc2cc([N+](=O)[O-])cc(F)c2C1. The third-order valence-corrected chi connectivity index (χ3v) is 2.44. The van der Waals surface area contributed by atoms with Gasteiger partial charge in [-0.25, -0.2) is 4.39 Å². The zero-order chi connectivity index (χ0) is 11.0. The molecule has 1 aromatic rings. The highest BCUT2D eigenvalue weighted by molar-refractivity contribution is 5.94. The lowest BCUT2D eigenvalue weighted by atomic mass is 10.1. The second-order valence-electron chi connectivity index (χ2n) is 3.39. The molecule has 0 fully saturated rings. The number of non-ortho nitro benzene ring substituents is 1. The third-order valence-electron chi connectivity index (χ3n) is 2.44. The van der Waals surface area contributed by atoms with Gasteiger partial charge in [-0.1, -0.05) is 6.92 Å². The highest BCUT2D eigenvalue weighted by atomic mass is 19.1. The van der Waals surface area contributed by atoms with E-state index in [1.54, 1.807) is 0 Å². The Morgan fingerprint density at radius 2 is 2.33 bits per heavy atom. The lowest BCUT2D eigenvalue weighted by molar-refractivity contribution is -0.385. The highest BCUT2D eigenvalue weighted by Gasteiger charge is 2.21. The number of nitro groups is 1. The first kappa shape index (κ1) is 9.76. The van der Waals surface area contributed by atoms with Gasteiger partial charge in [0.2, 0.25) is 0 Å². The first-order chi connectivity index (χ1) is 7.11.